The number of anilines is 1. The summed E-state index contributed by atoms with van der Waals surface area (Å²) in [5, 5.41) is 13.8. The van der Waals surface area contributed by atoms with E-state index in [1.54, 1.807) is 6.08 Å². The Bertz CT molecular complexity index is 760. The fourth-order valence-electron chi connectivity index (χ4n) is 4.30. The van der Waals surface area contributed by atoms with Crippen LogP contribution in [0.1, 0.15) is 90.4 Å². The molecule has 30 heavy (non-hydrogen) atoms. The first-order valence-electron chi connectivity index (χ1n) is 11.8. The molecule has 0 saturated carbocycles. The van der Waals surface area contributed by atoms with Crippen molar-refractivity contribution < 1.29 is 9.84 Å². The summed E-state index contributed by atoms with van der Waals surface area (Å²) in [6.07, 6.45) is 12.2. The van der Waals surface area contributed by atoms with Crippen molar-refractivity contribution in [3.8, 4) is 0 Å². The fraction of sp³-hybridized carbons (Fsp3) is 0.556. The van der Waals surface area contributed by atoms with Crippen LogP contribution in [-0.2, 0) is 4.74 Å². The van der Waals surface area contributed by atoms with Crippen LogP contribution >= 0.6 is 0 Å². The fourth-order valence-corrected chi connectivity index (χ4v) is 4.30. The van der Waals surface area contributed by atoms with E-state index in [-0.39, 0.29) is 12.1 Å². The van der Waals surface area contributed by atoms with Crippen molar-refractivity contribution >= 4 is 5.69 Å². The minimum Gasteiger partial charge on any atom is -0.508 e. The van der Waals surface area contributed by atoms with E-state index in [4.69, 9.17) is 4.74 Å². The van der Waals surface area contributed by atoms with Gasteiger partial charge in [-0.3, -0.25) is 0 Å². The Morgan fingerprint density at radius 2 is 1.93 bits per heavy atom. The number of aliphatic hydroxyl groups excluding tert-OH is 1. The average molecular weight is 412 g/mol. The number of ether oxygens (including phenoxy) is 1. The maximum atomic E-state index is 10.1. The van der Waals surface area contributed by atoms with Crippen LogP contribution in [0.25, 0.3) is 0 Å². The first-order chi connectivity index (χ1) is 14.5. The SMILES string of the molecule is CC.CC(C)c1ccc2c(c1)C1OCCCC1[C@H](C1=CC(O)=CC=CC1)N2.CCC. The van der Waals surface area contributed by atoms with E-state index >= 15 is 0 Å². The van der Waals surface area contributed by atoms with Gasteiger partial charge in [0.15, 0.2) is 0 Å². The zero-order valence-electron chi connectivity index (χ0n) is 19.7. The molecule has 3 atom stereocenters. The Kier molecular flexibility index (Phi) is 9.71. The largest absolute Gasteiger partial charge is 0.508 e. The van der Waals surface area contributed by atoms with Gasteiger partial charge in [-0.1, -0.05) is 72.2 Å². The van der Waals surface area contributed by atoms with Gasteiger partial charge >= 0.3 is 0 Å². The summed E-state index contributed by atoms with van der Waals surface area (Å²) in [5.41, 5.74) is 5.08. The number of benzene rings is 1. The van der Waals surface area contributed by atoms with Crippen LogP contribution in [0, 0.1) is 5.92 Å². The summed E-state index contributed by atoms with van der Waals surface area (Å²) in [5.74, 6) is 1.26. The van der Waals surface area contributed by atoms with Crippen LogP contribution in [0.2, 0.25) is 0 Å². The maximum Gasteiger partial charge on any atom is 0.115 e. The van der Waals surface area contributed by atoms with Crippen LogP contribution in [0.3, 0.4) is 0 Å². The van der Waals surface area contributed by atoms with Gasteiger partial charge in [-0.15, -0.1) is 0 Å². The summed E-state index contributed by atoms with van der Waals surface area (Å²) in [6.45, 7) is 13.6. The quantitative estimate of drug-likeness (QED) is 0.521. The van der Waals surface area contributed by atoms with Crippen LogP contribution in [0.15, 0.2) is 53.8 Å². The molecule has 1 aliphatic carbocycles. The number of nitrogens with one attached hydrogen (secondary N) is 1. The number of rotatable bonds is 2. The highest BCUT2D eigenvalue weighted by molar-refractivity contribution is 5.59. The zero-order valence-corrected chi connectivity index (χ0v) is 19.7. The molecule has 3 aliphatic rings. The van der Waals surface area contributed by atoms with Gasteiger partial charge in [0, 0.05) is 23.8 Å². The lowest BCUT2D eigenvalue weighted by Gasteiger charge is -2.44. The molecule has 0 amide bonds. The Balaban J connectivity index is 0.000000590. The van der Waals surface area contributed by atoms with Crippen molar-refractivity contribution in [3.05, 3.63) is 65.0 Å². The number of hydrogen-bond donors (Lipinski definition) is 2. The molecular weight excluding hydrogens is 370 g/mol. The van der Waals surface area contributed by atoms with Gasteiger partial charge in [0.05, 0.1) is 12.1 Å². The third kappa shape index (κ3) is 5.78. The van der Waals surface area contributed by atoms with Gasteiger partial charge in [0.1, 0.15) is 5.76 Å². The van der Waals surface area contributed by atoms with Gasteiger partial charge in [-0.2, -0.15) is 0 Å². The Morgan fingerprint density at radius 1 is 1.20 bits per heavy atom. The highest BCUT2D eigenvalue weighted by Crippen LogP contribution is 2.46. The van der Waals surface area contributed by atoms with Gasteiger partial charge in [-0.25, -0.2) is 0 Å². The Labute approximate surface area is 183 Å². The molecule has 0 bridgehead atoms. The average Bonchev–Trinajstić information content (AvgIpc) is 2.99. The lowest BCUT2D eigenvalue weighted by Crippen LogP contribution is -2.42. The minimum atomic E-state index is 0.146. The van der Waals surface area contributed by atoms with E-state index in [1.165, 1.54) is 28.8 Å². The van der Waals surface area contributed by atoms with Crippen LogP contribution < -0.4 is 5.32 Å². The van der Waals surface area contributed by atoms with Crippen molar-refractivity contribution in [1.82, 2.24) is 0 Å². The molecule has 166 valence electrons. The minimum absolute atomic E-state index is 0.146. The molecule has 2 unspecified atom stereocenters. The van der Waals surface area contributed by atoms with Crippen molar-refractivity contribution in [3.63, 3.8) is 0 Å². The summed E-state index contributed by atoms with van der Waals surface area (Å²) in [6, 6.07) is 6.95. The zero-order chi connectivity index (χ0) is 22.1. The van der Waals surface area contributed by atoms with E-state index in [2.05, 4.69) is 57.3 Å². The van der Waals surface area contributed by atoms with E-state index in [1.807, 2.05) is 26.0 Å². The second-order valence-electron chi connectivity index (χ2n) is 8.37. The summed E-state index contributed by atoms with van der Waals surface area (Å²) in [4.78, 5) is 0. The molecule has 1 saturated heterocycles. The first-order valence-corrected chi connectivity index (χ1v) is 11.8. The number of hydrogen-bond acceptors (Lipinski definition) is 3. The molecule has 2 heterocycles. The van der Waals surface area contributed by atoms with Gasteiger partial charge in [0.2, 0.25) is 0 Å². The second kappa shape index (κ2) is 12.0. The molecule has 1 aromatic carbocycles. The molecule has 3 nitrogen and oxygen atoms in total. The number of aliphatic hydroxyl groups is 1. The summed E-state index contributed by atoms with van der Waals surface area (Å²) < 4.78 is 6.26. The van der Waals surface area contributed by atoms with Crippen molar-refractivity contribution in [2.45, 2.75) is 85.3 Å². The molecule has 4 rings (SSSR count). The molecular formula is C27H41NO2. The maximum absolute atomic E-state index is 10.1. The van der Waals surface area contributed by atoms with Crippen molar-refractivity contribution in [2.75, 3.05) is 11.9 Å². The summed E-state index contributed by atoms with van der Waals surface area (Å²) >= 11 is 0. The number of allylic oxidation sites excluding steroid dienone is 4. The van der Waals surface area contributed by atoms with E-state index in [0.717, 1.165) is 25.9 Å². The van der Waals surface area contributed by atoms with Crippen molar-refractivity contribution in [1.29, 1.82) is 0 Å². The lowest BCUT2D eigenvalue weighted by molar-refractivity contribution is -0.0343. The molecule has 0 radical (unpaired) electrons. The van der Waals surface area contributed by atoms with E-state index < -0.39 is 0 Å². The van der Waals surface area contributed by atoms with Crippen molar-refractivity contribution in [2.24, 2.45) is 5.92 Å². The lowest BCUT2D eigenvalue weighted by atomic mass is 9.76. The van der Waals surface area contributed by atoms with Crippen LogP contribution in [0.5, 0.6) is 0 Å². The topological polar surface area (TPSA) is 41.5 Å². The third-order valence-electron chi connectivity index (χ3n) is 5.65. The predicted molar refractivity (Wildman–Crippen MR) is 129 cm³/mol. The molecule has 2 aliphatic heterocycles. The van der Waals surface area contributed by atoms with Crippen LogP contribution in [-0.4, -0.2) is 17.8 Å². The third-order valence-corrected chi connectivity index (χ3v) is 5.65. The monoisotopic (exact) mass is 411 g/mol. The van der Waals surface area contributed by atoms with Gasteiger partial charge in [0.25, 0.3) is 0 Å². The molecule has 3 heteroatoms. The highest BCUT2D eigenvalue weighted by Gasteiger charge is 2.40. The molecule has 0 aromatic heterocycles. The molecule has 2 N–H and O–H groups in total. The smallest absolute Gasteiger partial charge is 0.115 e. The molecule has 1 fully saturated rings. The highest BCUT2D eigenvalue weighted by atomic mass is 16.5. The Hall–Kier alpha value is -2.00. The predicted octanol–water partition coefficient (Wildman–Crippen LogP) is 7.84. The summed E-state index contributed by atoms with van der Waals surface area (Å²) in [7, 11) is 0. The van der Waals surface area contributed by atoms with Gasteiger partial charge < -0.3 is 15.2 Å². The van der Waals surface area contributed by atoms with Gasteiger partial charge in [-0.05, 0) is 54.5 Å². The second-order valence-corrected chi connectivity index (χ2v) is 8.37. The number of fused-ring (bicyclic) bond motifs is 3. The molecule has 0 spiro atoms. The standard InChI is InChI=1S/C22H27NO2.C3H8.C2H6/c1-14(2)15-9-10-20-19(13-15)22-18(8-5-11-25-22)21(23-20)16-6-3-4-7-17(24)12-16;1-3-2;1-2/h3-4,7,9-10,12-14,18,21-24H,5-6,8,11H2,1-2H3;3H2,1-2H3;1-2H3/t18?,21-,22?;;/m0../s1. The normalized spacial score (nSPS) is 24.4. The molecule has 1 aromatic rings. The van der Waals surface area contributed by atoms with E-state index in [9.17, 15) is 5.11 Å². The van der Waals surface area contributed by atoms with Crippen LogP contribution in [0.4, 0.5) is 5.69 Å². The van der Waals surface area contributed by atoms with E-state index in [0.29, 0.717) is 17.6 Å². The first kappa shape index (κ1) is 24.3. The Morgan fingerprint density at radius 3 is 2.63 bits per heavy atom.